The lowest BCUT2D eigenvalue weighted by Gasteiger charge is -2.30. The standard InChI is InChI=1S/C39H46N8O8/c1-22(53-3)32(44-38(50)51)36(48)47-19-7-9-31(47)35-42-28-17-15-26(20-29(28)43-35)25-13-10-24(11-14-25)12-16-27-21-40-34(41-27)30-8-6-18-46(30)37(49)33(23(2)54-4)45-39(52)55-5/h10-11,13-15,17,20-23,30-33,44H,6-9,18-19H2,1-5H3,(H,40,41)(H,42,43)(H,45,52)(H,50,51)/t22-,23?,30+,31+,32+,33+/m1/s1. The molecule has 2 aliphatic heterocycles. The minimum Gasteiger partial charge on any atom is -0.465 e. The molecule has 4 aromatic rings. The predicted octanol–water partition coefficient (Wildman–Crippen LogP) is 4.11. The van der Waals surface area contributed by atoms with Crippen molar-refractivity contribution in [1.29, 1.82) is 0 Å². The number of fused-ring (bicyclic) bond motifs is 1. The van der Waals surface area contributed by atoms with Crippen molar-refractivity contribution in [1.82, 2.24) is 40.4 Å². The third kappa shape index (κ3) is 8.58. The number of nitrogens with one attached hydrogen (secondary N) is 4. The van der Waals surface area contributed by atoms with Gasteiger partial charge in [-0.1, -0.05) is 24.1 Å². The van der Waals surface area contributed by atoms with E-state index in [0.29, 0.717) is 43.3 Å². The molecule has 0 radical (unpaired) electrons. The van der Waals surface area contributed by atoms with Gasteiger partial charge in [0.05, 0.1) is 42.4 Å². The number of aromatic amines is 2. The van der Waals surface area contributed by atoms with Gasteiger partial charge in [0.25, 0.3) is 0 Å². The number of imidazole rings is 2. The number of hydrogen-bond donors (Lipinski definition) is 5. The minimum absolute atomic E-state index is 0.274. The largest absolute Gasteiger partial charge is 0.465 e. The average molecular weight is 755 g/mol. The first kappa shape index (κ1) is 38.8. The zero-order valence-corrected chi connectivity index (χ0v) is 31.4. The molecule has 0 saturated carbocycles. The number of H-pyrrole nitrogens is 2. The number of hydrogen-bond acceptors (Lipinski definition) is 9. The molecule has 0 spiro atoms. The Morgan fingerprint density at radius 1 is 0.818 bits per heavy atom. The zero-order chi connectivity index (χ0) is 39.2. The highest BCUT2D eigenvalue weighted by Crippen LogP contribution is 2.34. The lowest BCUT2D eigenvalue weighted by Crippen LogP contribution is -2.54. The number of amides is 4. The monoisotopic (exact) mass is 754 g/mol. The minimum atomic E-state index is -1.29. The summed E-state index contributed by atoms with van der Waals surface area (Å²) >= 11 is 0. The number of carboxylic acid groups (broad SMARTS) is 1. The van der Waals surface area contributed by atoms with E-state index < -0.39 is 36.5 Å². The fourth-order valence-corrected chi connectivity index (χ4v) is 7.15. The summed E-state index contributed by atoms with van der Waals surface area (Å²) in [5.41, 5.74) is 4.85. The second kappa shape index (κ2) is 17.0. The molecule has 16 heteroatoms. The van der Waals surface area contributed by atoms with Crippen molar-refractivity contribution in [3.8, 4) is 23.0 Å². The van der Waals surface area contributed by atoms with Gasteiger partial charge in [-0.15, -0.1) is 0 Å². The molecule has 2 saturated heterocycles. The highest BCUT2D eigenvalue weighted by molar-refractivity contribution is 5.88. The number of rotatable bonds is 11. The number of aromatic nitrogens is 4. The van der Waals surface area contributed by atoms with Crippen molar-refractivity contribution in [3.05, 3.63) is 71.6 Å². The van der Waals surface area contributed by atoms with Crippen molar-refractivity contribution < 1.29 is 38.5 Å². The highest BCUT2D eigenvalue weighted by Gasteiger charge is 2.40. The molecule has 0 bridgehead atoms. The Labute approximate surface area is 318 Å². The maximum atomic E-state index is 13.5. The van der Waals surface area contributed by atoms with E-state index in [1.807, 2.05) is 42.5 Å². The van der Waals surface area contributed by atoms with Crippen LogP contribution in [0.2, 0.25) is 0 Å². The predicted molar refractivity (Wildman–Crippen MR) is 201 cm³/mol. The summed E-state index contributed by atoms with van der Waals surface area (Å²) in [5, 5.41) is 14.2. The van der Waals surface area contributed by atoms with Crippen LogP contribution in [-0.4, -0.2) is 118 Å². The van der Waals surface area contributed by atoms with E-state index in [-0.39, 0.29) is 23.9 Å². The van der Waals surface area contributed by atoms with E-state index in [0.717, 1.165) is 40.6 Å². The van der Waals surface area contributed by atoms with Gasteiger partial charge in [0, 0.05) is 39.1 Å². The summed E-state index contributed by atoms with van der Waals surface area (Å²) < 4.78 is 15.4. The van der Waals surface area contributed by atoms with Crippen LogP contribution in [0.3, 0.4) is 0 Å². The van der Waals surface area contributed by atoms with Gasteiger partial charge in [0.2, 0.25) is 11.8 Å². The van der Waals surface area contributed by atoms with Crippen LogP contribution in [0.15, 0.2) is 48.7 Å². The molecule has 6 atom stereocenters. The molecular formula is C39H46N8O8. The molecule has 5 N–H and O–H groups in total. The van der Waals surface area contributed by atoms with Crippen molar-refractivity contribution in [2.75, 3.05) is 34.4 Å². The van der Waals surface area contributed by atoms with Gasteiger partial charge in [-0.3, -0.25) is 9.59 Å². The second-order valence-electron chi connectivity index (χ2n) is 13.7. The van der Waals surface area contributed by atoms with E-state index in [1.54, 1.807) is 29.8 Å². The van der Waals surface area contributed by atoms with Crippen LogP contribution in [0.25, 0.3) is 22.2 Å². The number of carbonyl (C=O) groups is 4. The molecule has 2 fully saturated rings. The molecule has 290 valence electrons. The van der Waals surface area contributed by atoms with E-state index in [2.05, 4.69) is 37.4 Å². The van der Waals surface area contributed by atoms with Gasteiger partial charge in [0.15, 0.2) is 0 Å². The molecule has 2 aliphatic rings. The number of carbonyl (C=O) groups excluding carboxylic acids is 3. The Hall–Kier alpha value is -5.92. The Bertz CT molecular complexity index is 2090. The average Bonchev–Trinajstić information content (AvgIpc) is 4.03. The third-order valence-corrected chi connectivity index (χ3v) is 10.3. The summed E-state index contributed by atoms with van der Waals surface area (Å²) in [6.45, 7) is 4.38. The number of ether oxygens (including phenoxy) is 3. The van der Waals surface area contributed by atoms with Crippen LogP contribution < -0.4 is 10.6 Å². The van der Waals surface area contributed by atoms with Crippen LogP contribution in [-0.2, 0) is 23.8 Å². The molecule has 4 amide bonds. The SMILES string of the molecule is COC(=O)N[C@H](C(=O)N1CCC[C@H]1c1nc(C#Cc2ccc(-c3ccc4[nH]c([C@@H]5CCCN5C(=O)[C@@H](NC(=O)O)[C@@H](C)OC)nc4c3)cc2)c[nH]1)C(C)OC. The fourth-order valence-electron chi connectivity index (χ4n) is 7.15. The summed E-state index contributed by atoms with van der Waals surface area (Å²) in [4.78, 5) is 69.9. The molecule has 6 rings (SSSR count). The maximum Gasteiger partial charge on any atom is 0.407 e. The summed E-state index contributed by atoms with van der Waals surface area (Å²) in [6, 6.07) is 11.2. The molecule has 55 heavy (non-hydrogen) atoms. The molecule has 2 aromatic heterocycles. The quantitative estimate of drug-likeness (QED) is 0.139. The second-order valence-corrected chi connectivity index (χ2v) is 13.7. The van der Waals surface area contributed by atoms with Crippen molar-refractivity contribution in [3.63, 3.8) is 0 Å². The number of nitrogens with zero attached hydrogens (tertiary/aromatic N) is 4. The first-order valence-electron chi connectivity index (χ1n) is 18.2. The van der Waals surface area contributed by atoms with Gasteiger partial charge in [-0.2, -0.15) is 0 Å². The van der Waals surface area contributed by atoms with Crippen molar-refractivity contribution in [2.24, 2.45) is 0 Å². The molecule has 0 aliphatic carbocycles. The number of benzene rings is 2. The van der Waals surface area contributed by atoms with Crippen LogP contribution >= 0.6 is 0 Å². The first-order valence-corrected chi connectivity index (χ1v) is 18.2. The van der Waals surface area contributed by atoms with Crippen LogP contribution in [0.4, 0.5) is 9.59 Å². The van der Waals surface area contributed by atoms with Gasteiger partial charge >= 0.3 is 12.2 Å². The zero-order valence-electron chi connectivity index (χ0n) is 31.4. The number of methoxy groups -OCH3 is 3. The lowest BCUT2D eigenvalue weighted by atomic mass is 10.0. The van der Waals surface area contributed by atoms with E-state index in [1.165, 1.54) is 21.3 Å². The van der Waals surface area contributed by atoms with Crippen LogP contribution in [0.1, 0.15) is 74.5 Å². The van der Waals surface area contributed by atoms with Gasteiger partial charge < -0.3 is 49.7 Å². The lowest BCUT2D eigenvalue weighted by molar-refractivity contribution is -0.138. The fraction of sp³-hybridized carbons (Fsp3) is 0.436. The molecular weight excluding hydrogens is 708 g/mol. The van der Waals surface area contributed by atoms with E-state index in [9.17, 15) is 24.3 Å². The maximum absolute atomic E-state index is 13.5. The number of alkyl carbamates (subject to hydrolysis) is 1. The third-order valence-electron chi connectivity index (χ3n) is 10.3. The van der Waals surface area contributed by atoms with Crippen LogP contribution in [0, 0.1) is 11.8 Å². The number of likely N-dealkylation sites (tertiary alicyclic amines) is 2. The van der Waals surface area contributed by atoms with Gasteiger partial charge in [0.1, 0.15) is 29.4 Å². The normalized spacial score (nSPS) is 18.9. The smallest absolute Gasteiger partial charge is 0.407 e. The van der Waals surface area contributed by atoms with E-state index >= 15 is 0 Å². The summed E-state index contributed by atoms with van der Waals surface area (Å²) in [5.74, 6) is 6.93. The Kier molecular flexibility index (Phi) is 12.0. The van der Waals surface area contributed by atoms with Crippen molar-refractivity contribution >= 4 is 35.0 Å². The summed E-state index contributed by atoms with van der Waals surface area (Å²) in [7, 11) is 4.17. The Morgan fingerprint density at radius 3 is 2.02 bits per heavy atom. The highest BCUT2D eigenvalue weighted by atomic mass is 16.5. The van der Waals surface area contributed by atoms with Crippen LogP contribution in [0.5, 0.6) is 0 Å². The Balaban J connectivity index is 1.13. The Morgan fingerprint density at radius 2 is 1.42 bits per heavy atom. The molecule has 2 aromatic carbocycles. The summed E-state index contributed by atoms with van der Waals surface area (Å²) in [6.07, 6.45) is 1.48. The molecule has 1 unspecified atom stereocenters. The van der Waals surface area contributed by atoms with Crippen molar-refractivity contribution in [2.45, 2.75) is 75.9 Å². The first-order chi connectivity index (χ1) is 26.5. The van der Waals surface area contributed by atoms with Gasteiger partial charge in [-0.25, -0.2) is 19.6 Å². The molecule has 4 heterocycles. The topological polar surface area (TPSA) is 204 Å². The van der Waals surface area contributed by atoms with E-state index in [4.69, 9.17) is 19.2 Å². The van der Waals surface area contributed by atoms with Gasteiger partial charge in [-0.05, 0) is 80.8 Å². The molecule has 16 nitrogen and oxygen atoms in total.